The Morgan fingerprint density at radius 2 is 1.84 bits per heavy atom. The molecule has 1 N–H and O–H groups in total. The molecule has 0 aromatic carbocycles. The fraction of sp³-hybridized carbons (Fsp3) is 0.158. The van der Waals surface area contributed by atoms with E-state index in [1.165, 1.54) is 29.1 Å². The minimum atomic E-state index is -4.97. The fourth-order valence-electron chi connectivity index (χ4n) is 3.15. The molecule has 0 radical (unpaired) electrons. The number of aryl methyl sites for hydroxylation is 1. The molecule has 13 heteroatoms. The molecular weight excluding hydrogens is 460 g/mol. The highest BCUT2D eigenvalue weighted by molar-refractivity contribution is 7.17. The predicted octanol–water partition coefficient (Wildman–Crippen LogP) is 5.38. The van der Waals surface area contributed by atoms with Gasteiger partial charge >= 0.3 is 12.4 Å². The van der Waals surface area contributed by atoms with Crippen LogP contribution >= 0.6 is 11.3 Å². The maximum Gasteiger partial charge on any atom is 0.433 e. The fourth-order valence-corrected chi connectivity index (χ4v) is 4.06. The molecule has 4 aromatic rings. The van der Waals surface area contributed by atoms with Crippen LogP contribution < -0.4 is 5.32 Å². The average molecular weight is 471 g/mol. The van der Waals surface area contributed by atoms with Gasteiger partial charge in [-0.2, -0.15) is 31.4 Å². The van der Waals surface area contributed by atoms with E-state index in [1.807, 2.05) is 0 Å². The number of aromatic nitrogens is 4. The molecule has 0 bridgehead atoms. The van der Waals surface area contributed by atoms with Crippen LogP contribution in [0.5, 0.6) is 0 Å². The summed E-state index contributed by atoms with van der Waals surface area (Å²) in [6, 6.07) is 3.20. The standard InChI is InChI=1S/C19H11F6N5OS/c1-30-16(17(31)28-9-2-5-27-13(6-9)18(20,21)22)14(19(23,24)25)15(29-30)11-8-32-12-3-4-26-7-10(11)12/h2-8H,1H3,(H,27,28,31). The van der Waals surface area contributed by atoms with Crippen molar-refractivity contribution < 1.29 is 31.1 Å². The first kappa shape index (κ1) is 21.7. The molecule has 32 heavy (non-hydrogen) atoms. The molecule has 0 unspecified atom stereocenters. The molecule has 166 valence electrons. The van der Waals surface area contributed by atoms with E-state index >= 15 is 0 Å². The molecule has 0 saturated heterocycles. The van der Waals surface area contributed by atoms with Crippen molar-refractivity contribution in [1.29, 1.82) is 0 Å². The van der Waals surface area contributed by atoms with Crippen LogP contribution in [-0.4, -0.2) is 25.7 Å². The zero-order valence-electron chi connectivity index (χ0n) is 15.9. The van der Waals surface area contributed by atoms with Gasteiger partial charge in [-0.1, -0.05) is 0 Å². The third kappa shape index (κ3) is 3.90. The number of carbonyl (C=O) groups excluding carboxylic acids is 1. The first-order valence-electron chi connectivity index (χ1n) is 8.77. The summed E-state index contributed by atoms with van der Waals surface area (Å²) >= 11 is 1.19. The molecule has 4 aromatic heterocycles. The van der Waals surface area contributed by atoms with Gasteiger partial charge in [0, 0.05) is 52.4 Å². The lowest BCUT2D eigenvalue weighted by molar-refractivity contribution is -0.141. The number of fused-ring (bicyclic) bond motifs is 1. The van der Waals surface area contributed by atoms with Crippen LogP contribution in [0.4, 0.5) is 32.0 Å². The lowest BCUT2D eigenvalue weighted by Crippen LogP contribution is -2.21. The summed E-state index contributed by atoms with van der Waals surface area (Å²) in [6.07, 6.45) is -6.07. The zero-order chi connectivity index (χ0) is 23.3. The Hall–Kier alpha value is -3.48. The van der Waals surface area contributed by atoms with Crippen molar-refractivity contribution in [2.75, 3.05) is 5.32 Å². The second-order valence-electron chi connectivity index (χ2n) is 6.60. The third-order valence-corrected chi connectivity index (χ3v) is 5.45. The summed E-state index contributed by atoms with van der Waals surface area (Å²) in [4.78, 5) is 19.8. The van der Waals surface area contributed by atoms with Crippen LogP contribution in [0.25, 0.3) is 21.3 Å². The summed E-state index contributed by atoms with van der Waals surface area (Å²) < 4.78 is 82.1. The Bertz CT molecular complexity index is 1320. The summed E-state index contributed by atoms with van der Waals surface area (Å²) in [5.74, 6) is -1.27. The number of nitrogens with zero attached hydrogens (tertiary/aromatic N) is 4. The number of hydrogen-bond donors (Lipinski definition) is 1. The normalized spacial score (nSPS) is 12.3. The number of hydrogen-bond acceptors (Lipinski definition) is 5. The number of anilines is 1. The Labute approximate surface area is 179 Å². The third-order valence-electron chi connectivity index (χ3n) is 4.48. The molecule has 0 spiro atoms. The van der Waals surface area contributed by atoms with Gasteiger partial charge in [-0.25, -0.2) is 0 Å². The Kier molecular flexibility index (Phi) is 5.15. The Morgan fingerprint density at radius 3 is 2.53 bits per heavy atom. The van der Waals surface area contributed by atoms with Gasteiger partial charge in [0.25, 0.3) is 5.91 Å². The van der Waals surface area contributed by atoms with Crippen molar-refractivity contribution in [1.82, 2.24) is 19.7 Å². The first-order valence-corrected chi connectivity index (χ1v) is 9.65. The molecule has 0 aliphatic carbocycles. The number of thiophene rings is 1. The van der Waals surface area contributed by atoms with Crippen molar-refractivity contribution >= 4 is 33.0 Å². The SMILES string of the molecule is Cn1nc(-c2csc3ccncc23)c(C(F)(F)F)c1C(=O)Nc1ccnc(C(F)(F)F)c1. The lowest BCUT2D eigenvalue weighted by Gasteiger charge is -2.12. The topological polar surface area (TPSA) is 72.7 Å². The van der Waals surface area contributed by atoms with Gasteiger partial charge in [-0.05, 0) is 18.2 Å². The first-order chi connectivity index (χ1) is 15.0. The van der Waals surface area contributed by atoms with E-state index in [0.29, 0.717) is 16.2 Å². The monoisotopic (exact) mass is 471 g/mol. The summed E-state index contributed by atoms with van der Waals surface area (Å²) in [5, 5.41) is 7.89. The van der Waals surface area contributed by atoms with Crippen LogP contribution in [0.15, 0.2) is 42.2 Å². The predicted molar refractivity (Wildman–Crippen MR) is 104 cm³/mol. The molecule has 0 fully saturated rings. The van der Waals surface area contributed by atoms with Crippen LogP contribution in [0.1, 0.15) is 21.7 Å². The van der Waals surface area contributed by atoms with Crippen LogP contribution in [-0.2, 0) is 19.4 Å². The van der Waals surface area contributed by atoms with Crippen LogP contribution in [0, 0.1) is 0 Å². The van der Waals surface area contributed by atoms with Gasteiger partial charge in [-0.3, -0.25) is 19.4 Å². The summed E-state index contributed by atoms with van der Waals surface area (Å²) in [6.45, 7) is 0. The van der Waals surface area contributed by atoms with Gasteiger partial charge in [0.05, 0.1) is 0 Å². The van der Waals surface area contributed by atoms with Crippen molar-refractivity contribution in [2.45, 2.75) is 12.4 Å². The molecular formula is C19H11F6N5OS. The lowest BCUT2D eigenvalue weighted by atomic mass is 10.0. The molecule has 0 aliphatic heterocycles. The van der Waals surface area contributed by atoms with E-state index in [2.05, 4.69) is 20.4 Å². The van der Waals surface area contributed by atoms with Crippen LogP contribution in [0.2, 0.25) is 0 Å². The highest BCUT2D eigenvalue weighted by Crippen LogP contribution is 2.42. The number of alkyl halides is 6. The van der Waals surface area contributed by atoms with Crippen molar-refractivity contribution in [3.05, 3.63) is 59.1 Å². The van der Waals surface area contributed by atoms with Gasteiger partial charge in [0.15, 0.2) is 0 Å². The van der Waals surface area contributed by atoms with E-state index in [4.69, 9.17) is 0 Å². The molecule has 4 rings (SSSR count). The summed E-state index contributed by atoms with van der Waals surface area (Å²) in [7, 11) is 1.15. The number of pyridine rings is 2. The number of nitrogens with one attached hydrogen (secondary N) is 1. The Balaban J connectivity index is 1.81. The minimum absolute atomic E-state index is 0.142. The minimum Gasteiger partial charge on any atom is -0.321 e. The van der Waals surface area contributed by atoms with Gasteiger partial charge in [0.2, 0.25) is 0 Å². The van der Waals surface area contributed by atoms with Crippen molar-refractivity contribution in [3.63, 3.8) is 0 Å². The second-order valence-corrected chi connectivity index (χ2v) is 7.51. The highest BCUT2D eigenvalue weighted by Gasteiger charge is 2.42. The van der Waals surface area contributed by atoms with E-state index in [-0.39, 0.29) is 11.3 Å². The smallest absolute Gasteiger partial charge is 0.321 e. The zero-order valence-corrected chi connectivity index (χ0v) is 16.7. The Morgan fingerprint density at radius 1 is 1.09 bits per heavy atom. The van der Waals surface area contributed by atoms with E-state index in [9.17, 15) is 31.1 Å². The molecule has 4 heterocycles. The maximum absolute atomic E-state index is 14.0. The van der Waals surface area contributed by atoms with E-state index < -0.39 is 40.9 Å². The quantitative estimate of drug-likeness (QED) is 0.407. The molecule has 0 aliphatic rings. The van der Waals surface area contributed by atoms with Crippen molar-refractivity contribution in [2.24, 2.45) is 7.05 Å². The second kappa shape index (κ2) is 7.58. The highest BCUT2D eigenvalue weighted by atomic mass is 32.1. The molecule has 6 nitrogen and oxygen atoms in total. The van der Waals surface area contributed by atoms with E-state index in [0.717, 1.165) is 24.0 Å². The average Bonchev–Trinajstić information content (AvgIpc) is 3.28. The molecule has 0 atom stereocenters. The van der Waals surface area contributed by atoms with Crippen LogP contribution in [0.3, 0.4) is 0 Å². The van der Waals surface area contributed by atoms with Gasteiger partial charge in [0.1, 0.15) is 22.6 Å². The number of rotatable bonds is 3. The molecule has 1 amide bonds. The molecule has 0 saturated carbocycles. The van der Waals surface area contributed by atoms with Crippen molar-refractivity contribution in [3.8, 4) is 11.3 Å². The number of amides is 1. The largest absolute Gasteiger partial charge is 0.433 e. The number of carbonyl (C=O) groups is 1. The van der Waals surface area contributed by atoms with E-state index in [1.54, 1.807) is 6.07 Å². The van der Waals surface area contributed by atoms with Gasteiger partial charge < -0.3 is 5.32 Å². The maximum atomic E-state index is 14.0. The summed E-state index contributed by atoms with van der Waals surface area (Å²) in [5.41, 5.74) is -4.14. The number of halogens is 6. The van der Waals surface area contributed by atoms with Gasteiger partial charge in [-0.15, -0.1) is 11.3 Å².